The third-order valence-corrected chi connectivity index (χ3v) is 0.832. The zero-order valence-corrected chi connectivity index (χ0v) is 4.21. The standard InChI is InChI=1S/C6H5FN/c7-5-6-1-3-8-4-2-6/h1-5H. The summed E-state index contributed by atoms with van der Waals surface area (Å²) in [6.45, 7) is 0.543. The van der Waals surface area contributed by atoms with E-state index in [2.05, 4.69) is 4.98 Å². The molecule has 1 radical (unpaired) electrons. The summed E-state index contributed by atoms with van der Waals surface area (Å²) in [7, 11) is 0. The van der Waals surface area contributed by atoms with Gasteiger partial charge in [-0.25, -0.2) is 4.39 Å². The first-order chi connectivity index (χ1) is 3.93. The van der Waals surface area contributed by atoms with Gasteiger partial charge in [0.1, 0.15) is 0 Å². The maximum absolute atomic E-state index is 11.6. The van der Waals surface area contributed by atoms with E-state index in [1.54, 1.807) is 24.5 Å². The Kier molecular flexibility index (Phi) is 1.57. The van der Waals surface area contributed by atoms with Gasteiger partial charge in [0.15, 0.2) is 6.67 Å². The van der Waals surface area contributed by atoms with Crippen molar-refractivity contribution >= 4 is 0 Å². The van der Waals surface area contributed by atoms with Crippen molar-refractivity contribution in [2.24, 2.45) is 0 Å². The van der Waals surface area contributed by atoms with Gasteiger partial charge in [-0.05, 0) is 17.7 Å². The molecular formula is C6H5FN. The van der Waals surface area contributed by atoms with Gasteiger partial charge in [0.2, 0.25) is 0 Å². The van der Waals surface area contributed by atoms with Crippen molar-refractivity contribution in [3.8, 4) is 0 Å². The number of nitrogens with zero attached hydrogens (tertiary/aromatic N) is 1. The molecule has 0 atom stereocenters. The number of rotatable bonds is 1. The first kappa shape index (κ1) is 5.22. The minimum atomic E-state index is 0.543. The van der Waals surface area contributed by atoms with E-state index in [1.165, 1.54) is 0 Å². The maximum Gasteiger partial charge on any atom is 0.160 e. The van der Waals surface area contributed by atoms with Gasteiger partial charge in [-0.3, -0.25) is 4.98 Å². The summed E-state index contributed by atoms with van der Waals surface area (Å²) in [6, 6.07) is 3.19. The van der Waals surface area contributed by atoms with Crippen LogP contribution in [0.2, 0.25) is 0 Å². The molecule has 1 nitrogen and oxygen atoms in total. The van der Waals surface area contributed by atoms with E-state index in [-0.39, 0.29) is 0 Å². The molecule has 0 bridgehead atoms. The Labute approximate surface area is 47.2 Å². The Morgan fingerprint density at radius 1 is 1.38 bits per heavy atom. The number of pyridine rings is 1. The Morgan fingerprint density at radius 2 is 2.00 bits per heavy atom. The van der Waals surface area contributed by atoms with Crippen LogP contribution in [0.15, 0.2) is 24.5 Å². The van der Waals surface area contributed by atoms with E-state index in [9.17, 15) is 4.39 Å². The molecule has 0 spiro atoms. The molecule has 0 saturated heterocycles. The minimum Gasteiger partial charge on any atom is -0.265 e. The van der Waals surface area contributed by atoms with E-state index >= 15 is 0 Å². The van der Waals surface area contributed by atoms with Crippen molar-refractivity contribution in [1.29, 1.82) is 0 Å². The molecule has 0 amide bonds. The summed E-state index contributed by atoms with van der Waals surface area (Å²) < 4.78 is 11.6. The molecule has 0 unspecified atom stereocenters. The average Bonchev–Trinajstić information content (AvgIpc) is 1.90. The highest BCUT2D eigenvalue weighted by molar-refractivity contribution is 5.15. The lowest BCUT2D eigenvalue weighted by atomic mass is 10.3. The summed E-state index contributed by atoms with van der Waals surface area (Å²) in [5.74, 6) is 0. The Morgan fingerprint density at radius 3 is 2.38 bits per heavy atom. The van der Waals surface area contributed by atoms with E-state index < -0.39 is 0 Å². The van der Waals surface area contributed by atoms with Crippen LogP contribution in [-0.2, 0) is 0 Å². The van der Waals surface area contributed by atoms with Gasteiger partial charge in [-0.15, -0.1) is 0 Å². The van der Waals surface area contributed by atoms with Crippen LogP contribution in [0.25, 0.3) is 0 Å². The minimum absolute atomic E-state index is 0.543. The van der Waals surface area contributed by atoms with Crippen LogP contribution in [0.4, 0.5) is 4.39 Å². The summed E-state index contributed by atoms with van der Waals surface area (Å²) in [4.78, 5) is 3.71. The fourth-order valence-electron chi connectivity index (χ4n) is 0.436. The molecule has 0 aliphatic carbocycles. The highest BCUT2D eigenvalue weighted by Gasteiger charge is 1.84. The number of hydrogen-bond donors (Lipinski definition) is 0. The normalized spacial score (nSPS) is 9.12. The van der Waals surface area contributed by atoms with Crippen LogP contribution in [0.3, 0.4) is 0 Å². The first-order valence-corrected chi connectivity index (χ1v) is 2.27. The zero-order chi connectivity index (χ0) is 5.82. The topological polar surface area (TPSA) is 12.9 Å². The largest absolute Gasteiger partial charge is 0.265 e. The molecule has 0 N–H and O–H groups in total. The second-order valence-corrected chi connectivity index (χ2v) is 1.39. The lowest BCUT2D eigenvalue weighted by molar-refractivity contribution is 0.646. The molecular weight excluding hydrogens is 105 g/mol. The molecule has 0 fully saturated rings. The zero-order valence-electron chi connectivity index (χ0n) is 4.21. The Balaban J connectivity index is 2.83. The van der Waals surface area contributed by atoms with Gasteiger partial charge < -0.3 is 0 Å². The van der Waals surface area contributed by atoms with Gasteiger partial charge in [0.05, 0.1) is 0 Å². The van der Waals surface area contributed by atoms with Crippen molar-refractivity contribution in [1.82, 2.24) is 4.98 Å². The number of aromatic nitrogens is 1. The Bertz CT molecular complexity index is 150. The maximum atomic E-state index is 11.6. The number of halogens is 1. The van der Waals surface area contributed by atoms with E-state index in [4.69, 9.17) is 0 Å². The van der Waals surface area contributed by atoms with Crippen molar-refractivity contribution in [2.45, 2.75) is 0 Å². The molecule has 0 saturated carbocycles. The van der Waals surface area contributed by atoms with Crippen molar-refractivity contribution in [2.75, 3.05) is 0 Å². The molecule has 1 aromatic rings. The van der Waals surface area contributed by atoms with Crippen LogP contribution in [-0.4, -0.2) is 4.98 Å². The SMILES string of the molecule is F[CH]c1ccncc1. The second kappa shape index (κ2) is 2.40. The average molecular weight is 110 g/mol. The molecule has 2 heteroatoms. The summed E-state index contributed by atoms with van der Waals surface area (Å²) in [5, 5.41) is 0. The molecule has 41 valence electrons. The first-order valence-electron chi connectivity index (χ1n) is 2.27. The smallest absolute Gasteiger partial charge is 0.160 e. The quantitative estimate of drug-likeness (QED) is 0.534. The van der Waals surface area contributed by atoms with Crippen LogP contribution in [0.5, 0.6) is 0 Å². The fourth-order valence-corrected chi connectivity index (χ4v) is 0.436. The van der Waals surface area contributed by atoms with Crippen LogP contribution < -0.4 is 0 Å². The van der Waals surface area contributed by atoms with Crippen LogP contribution >= 0.6 is 0 Å². The molecule has 0 aliphatic heterocycles. The molecule has 0 aromatic carbocycles. The van der Waals surface area contributed by atoms with E-state index in [0.29, 0.717) is 12.2 Å². The predicted molar refractivity (Wildman–Crippen MR) is 28.7 cm³/mol. The van der Waals surface area contributed by atoms with Gasteiger partial charge in [0.25, 0.3) is 0 Å². The van der Waals surface area contributed by atoms with Crippen LogP contribution in [0, 0.1) is 6.67 Å². The summed E-state index contributed by atoms with van der Waals surface area (Å²) in [5.41, 5.74) is 0.556. The Hall–Kier alpha value is -0.920. The van der Waals surface area contributed by atoms with Gasteiger partial charge >= 0.3 is 0 Å². The molecule has 1 aromatic heterocycles. The highest BCUT2D eigenvalue weighted by atomic mass is 19.1. The van der Waals surface area contributed by atoms with E-state index in [1.807, 2.05) is 0 Å². The summed E-state index contributed by atoms with van der Waals surface area (Å²) in [6.07, 6.45) is 3.09. The monoisotopic (exact) mass is 110 g/mol. The third-order valence-electron chi connectivity index (χ3n) is 0.832. The second-order valence-electron chi connectivity index (χ2n) is 1.39. The lowest BCUT2D eigenvalue weighted by Crippen LogP contribution is -1.73. The van der Waals surface area contributed by atoms with Gasteiger partial charge in [0, 0.05) is 12.4 Å². The third kappa shape index (κ3) is 1.03. The van der Waals surface area contributed by atoms with Crippen molar-refractivity contribution < 1.29 is 4.39 Å². The van der Waals surface area contributed by atoms with Gasteiger partial charge in [-0.1, -0.05) is 0 Å². The predicted octanol–water partition coefficient (Wildman–Crippen LogP) is 1.56. The molecule has 8 heavy (non-hydrogen) atoms. The lowest BCUT2D eigenvalue weighted by Gasteiger charge is -1.85. The molecule has 0 aliphatic rings. The number of hydrogen-bond acceptors (Lipinski definition) is 1. The van der Waals surface area contributed by atoms with Crippen molar-refractivity contribution in [3.05, 3.63) is 36.8 Å². The summed E-state index contributed by atoms with van der Waals surface area (Å²) >= 11 is 0. The van der Waals surface area contributed by atoms with E-state index in [0.717, 1.165) is 0 Å². The fraction of sp³-hybridized carbons (Fsp3) is 0. The van der Waals surface area contributed by atoms with Gasteiger partial charge in [-0.2, -0.15) is 0 Å². The van der Waals surface area contributed by atoms with Crippen molar-refractivity contribution in [3.63, 3.8) is 0 Å². The molecule has 1 rings (SSSR count). The highest BCUT2D eigenvalue weighted by Crippen LogP contribution is 1.98. The van der Waals surface area contributed by atoms with Crippen LogP contribution in [0.1, 0.15) is 5.56 Å². The molecule has 1 heterocycles.